The summed E-state index contributed by atoms with van der Waals surface area (Å²) in [5.41, 5.74) is 1.42. The van der Waals surface area contributed by atoms with E-state index in [1.165, 1.54) is 6.07 Å². The standard InChI is InChI=1S/C24H32N2O3S/c1-19(2)17-23(20-11-6-5-7-12-20)25-24(27)21-13-10-14-22(18-21)30(28,29)26-15-8-3-4-9-16-26/h5-7,10-14,18-19,23H,3-4,8-9,15-17H2,1-2H3,(H,25,27)/t23-/m1/s1. The van der Waals surface area contributed by atoms with Gasteiger partial charge in [0, 0.05) is 18.7 Å². The van der Waals surface area contributed by atoms with Gasteiger partial charge in [-0.3, -0.25) is 4.79 Å². The Morgan fingerprint density at radius 3 is 2.27 bits per heavy atom. The van der Waals surface area contributed by atoms with Crippen LogP contribution in [0.15, 0.2) is 59.5 Å². The van der Waals surface area contributed by atoms with Crippen LogP contribution in [0.1, 0.15) is 67.9 Å². The summed E-state index contributed by atoms with van der Waals surface area (Å²) in [6.45, 7) is 5.33. The van der Waals surface area contributed by atoms with Crippen molar-refractivity contribution < 1.29 is 13.2 Å². The molecule has 0 saturated carbocycles. The number of carbonyl (C=O) groups is 1. The maximum atomic E-state index is 13.1. The van der Waals surface area contributed by atoms with Gasteiger partial charge in [-0.25, -0.2) is 8.42 Å². The van der Waals surface area contributed by atoms with Crippen molar-refractivity contribution in [1.29, 1.82) is 0 Å². The minimum Gasteiger partial charge on any atom is -0.345 e. The molecule has 0 radical (unpaired) electrons. The van der Waals surface area contributed by atoms with Gasteiger partial charge in [0.15, 0.2) is 0 Å². The fourth-order valence-electron chi connectivity index (χ4n) is 3.91. The van der Waals surface area contributed by atoms with Gasteiger partial charge in [-0.2, -0.15) is 4.31 Å². The number of carbonyl (C=O) groups excluding carboxylic acids is 1. The lowest BCUT2D eigenvalue weighted by Gasteiger charge is -2.22. The maximum absolute atomic E-state index is 13.1. The Morgan fingerprint density at radius 2 is 1.63 bits per heavy atom. The van der Waals surface area contributed by atoms with Crippen LogP contribution >= 0.6 is 0 Å². The maximum Gasteiger partial charge on any atom is 0.251 e. The average Bonchev–Trinajstić information content (AvgIpc) is 3.04. The van der Waals surface area contributed by atoms with Gasteiger partial charge in [0.2, 0.25) is 10.0 Å². The molecule has 1 atom stereocenters. The van der Waals surface area contributed by atoms with Crippen molar-refractivity contribution in [3.63, 3.8) is 0 Å². The number of hydrogen-bond donors (Lipinski definition) is 1. The van der Waals surface area contributed by atoms with Crippen molar-refractivity contribution in [1.82, 2.24) is 9.62 Å². The molecule has 162 valence electrons. The molecule has 0 bridgehead atoms. The minimum atomic E-state index is -3.59. The topological polar surface area (TPSA) is 66.5 Å². The Kier molecular flexibility index (Phi) is 7.67. The molecule has 6 heteroatoms. The Balaban J connectivity index is 1.81. The van der Waals surface area contributed by atoms with E-state index >= 15 is 0 Å². The van der Waals surface area contributed by atoms with Crippen molar-refractivity contribution >= 4 is 15.9 Å². The van der Waals surface area contributed by atoms with E-state index in [2.05, 4.69) is 19.2 Å². The first-order valence-electron chi connectivity index (χ1n) is 10.8. The van der Waals surface area contributed by atoms with E-state index in [1.54, 1.807) is 22.5 Å². The monoisotopic (exact) mass is 428 g/mol. The summed E-state index contributed by atoms with van der Waals surface area (Å²) >= 11 is 0. The Hall–Kier alpha value is -2.18. The van der Waals surface area contributed by atoms with Gasteiger partial charge < -0.3 is 5.32 Å². The van der Waals surface area contributed by atoms with Crippen LogP contribution in [0.2, 0.25) is 0 Å². The molecule has 2 aromatic carbocycles. The zero-order valence-corrected chi connectivity index (χ0v) is 18.7. The highest BCUT2D eigenvalue weighted by atomic mass is 32.2. The van der Waals surface area contributed by atoms with Gasteiger partial charge in [0.1, 0.15) is 0 Å². The normalized spacial score (nSPS) is 16.8. The molecule has 3 rings (SSSR count). The molecule has 1 amide bonds. The minimum absolute atomic E-state index is 0.121. The molecule has 2 aromatic rings. The predicted octanol–water partition coefficient (Wildman–Crippen LogP) is 4.77. The molecule has 1 aliphatic rings. The fraction of sp³-hybridized carbons (Fsp3) is 0.458. The first-order chi connectivity index (χ1) is 14.4. The van der Waals surface area contributed by atoms with Crippen LogP contribution in [-0.2, 0) is 10.0 Å². The molecule has 0 unspecified atom stereocenters. The SMILES string of the molecule is CC(C)C[C@@H](NC(=O)c1cccc(S(=O)(=O)N2CCCCCC2)c1)c1ccccc1. The molecular formula is C24H32N2O3S. The number of nitrogens with one attached hydrogen (secondary N) is 1. The number of amides is 1. The van der Waals surface area contributed by atoms with Crippen LogP contribution < -0.4 is 5.32 Å². The number of rotatable bonds is 7. The van der Waals surface area contributed by atoms with Crippen LogP contribution in [0.4, 0.5) is 0 Å². The van der Waals surface area contributed by atoms with Crippen LogP contribution in [0.3, 0.4) is 0 Å². The molecule has 0 aliphatic carbocycles. The second-order valence-corrected chi connectivity index (χ2v) is 10.4. The lowest BCUT2D eigenvalue weighted by Crippen LogP contribution is -2.32. The summed E-state index contributed by atoms with van der Waals surface area (Å²) in [5.74, 6) is 0.155. The molecule has 1 heterocycles. The van der Waals surface area contributed by atoms with Crippen molar-refractivity contribution in [3.05, 3.63) is 65.7 Å². The second-order valence-electron chi connectivity index (χ2n) is 8.41. The Morgan fingerprint density at radius 1 is 0.967 bits per heavy atom. The summed E-state index contributed by atoms with van der Waals surface area (Å²) in [6, 6.07) is 16.2. The van der Waals surface area contributed by atoms with Crippen LogP contribution in [0.25, 0.3) is 0 Å². The highest BCUT2D eigenvalue weighted by Gasteiger charge is 2.26. The number of nitrogens with zero attached hydrogens (tertiary/aromatic N) is 1. The van der Waals surface area contributed by atoms with Gasteiger partial charge in [-0.1, -0.05) is 63.1 Å². The van der Waals surface area contributed by atoms with Gasteiger partial charge in [0.05, 0.1) is 10.9 Å². The van der Waals surface area contributed by atoms with Gasteiger partial charge >= 0.3 is 0 Å². The quantitative estimate of drug-likeness (QED) is 0.691. The first kappa shape index (κ1) is 22.5. The molecule has 1 N–H and O–H groups in total. The average molecular weight is 429 g/mol. The van der Waals surface area contributed by atoms with Gasteiger partial charge in [-0.15, -0.1) is 0 Å². The molecular weight excluding hydrogens is 396 g/mol. The third-order valence-corrected chi connectivity index (χ3v) is 7.41. The van der Waals surface area contributed by atoms with E-state index in [9.17, 15) is 13.2 Å². The van der Waals surface area contributed by atoms with Crippen molar-refractivity contribution in [2.45, 2.75) is 56.9 Å². The smallest absolute Gasteiger partial charge is 0.251 e. The summed E-state index contributed by atoms with van der Waals surface area (Å²) < 4.78 is 27.8. The molecule has 30 heavy (non-hydrogen) atoms. The van der Waals surface area contributed by atoms with Gasteiger partial charge in [0.25, 0.3) is 5.91 Å². The lowest BCUT2D eigenvalue weighted by molar-refractivity contribution is 0.0931. The summed E-state index contributed by atoms with van der Waals surface area (Å²) in [7, 11) is -3.59. The molecule has 5 nitrogen and oxygen atoms in total. The van der Waals surface area contributed by atoms with Crippen LogP contribution in [0, 0.1) is 5.92 Å². The second kappa shape index (κ2) is 10.2. The van der Waals surface area contributed by atoms with E-state index in [1.807, 2.05) is 30.3 Å². The van der Waals surface area contributed by atoms with Crippen molar-refractivity contribution in [2.24, 2.45) is 5.92 Å². The van der Waals surface area contributed by atoms with Crippen molar-refractivity contribution in [3.8, 4) is 0 Å². The van der Waals surface area contributed by atoms with E-state index in [0.717, 1.165) is 37.7 Å². The van der Waals surface area contributed by atoms with E-state index in [-0.39, 0.29) is 16.8 Å². The Bertz CT molecular complexity index is 934. The summed E-state index contributed by atoms with van der Waals surface area (Å²) in [4.78, 5) is 13.2. The zero-order valence-electron chi connectivity index (χ0n) is 17.9. The molecule has 1 fully saturated rings. The largest absolute Gasteiger partial charge is 0.345 e. The number of hydrogen-bond acceptors (Lipinski definition) is 3. The number of benzene rings is 2. The molecule has 1 aliphatic heterocycles. The highest BCUT2D eigenvalue weighted by molar-refractivity contribution is 7.89. The zero-order chi connectivity index (χ0) is 21.6. The van der Waals surface area contributed by atoms with E-state index in [0.29, 0.717) is 24.6 Å². The first-order valence-corrected chi connectivity index (χ1v) is 12.3. The highest BCUT2D eigenvalue weighted by Crippen LogP contribution is 2.24. The molecule has 0 aromatic heterocycles. The third kappa shape index (κ3) is 5.70. The van der Waals surface area contributed by atoms with E-state index in [4.69, 9.17) is 0 Å². The van der Waals surface area contributed by atoms with Crippen molar-refractivity contribution in [2.75, 3.05) is 13.1 Å². The summed E-state index contributed by atoms with van der Waals surface area (Å²) in [5, 5.41) is 3.10. The van der Waals surface area contributed by atoms with E-state index < -0.39 is 10.0 Å². The molecule has 1 saturated heterocycles. The fourth-order valence-corrected chi connectivity index (χ4v) is 5.47. The van der Waals surface area contributed by atoms with Crippen LogP contribution in [0.5, 0.6) is 0 Å². The summed E-state index contributed by atoms with van der Waals surface area (Å²) in [6.07, 6.45) is 4.69. The number of sulfonamides is 1. The van der Waals surface area contributed by atoms with Gasteiger partial charge in [-0.05, 0) is 48.9 Å². The molecule has 0 spiro atoms. The lowest BCUT2D eigenvalue weighted by atomic mass is 9.96. The Labute approximate surface area is 180 Å². The van der Waals surface area contributed by atoms with Crippen LogP contribution in [-0.4, -0.2) is 31.7 Å². The predicted molar refractivity (Wildman–Crippen MR) is 120 cm³/mol. The third-order valence-electron chi connectivity index (χ3n) is 5.51.